The monoisotopic (exact) mass is 470 g/mol. The Morgan fingerprint density at radius 1 is 0.857 bits per heavy atom. The van der Waals surface area contributed by atoms with Crippen molar-refractivity contribution in [2.24, 2.45) is 0 Å². The van der Waals surface area contributed by atoms with Crippen LogP contribution in [0.1, 0.15) is 27.0 Å². The summed E-state index contributed by atoms with van der Waals surface area (Å²) in [5.41, 5.74) is 4.27. The van der Waals surface area contributed by atoms with Crippen molar-refractivity contribution in [2.75, 3.05) is 21.3 Å². The van der Waals surface area contributed by atoms with Crippen LogP contribution in [0.4, 0.5) is 0 Å². The van der Waals surface area contributed by atoms with E-state index in [1.165, 1.54) is 21.3 Å². The molecular weight excluding hydrogens is 444 g/mol. The van der Waals surface area contributed by atoms with Gasteiger partial charge in [0.05, 0.1) is 26.9 Å². The normalized spacial score (nSPS) is 11.1. The Kier molecular flexibility index (Phi) is 6.73. The van der Waals surface area contributed by atoms with E-state index in [1.807, 2.05) is 50.2 Å². The molecule has 0 saturated heterocycles. The molecule has 0 N–H and O–H groups in total. The smallest absolute Gasteiger partial charge is 0.344 e. The van der Waals surface area contributed by atoms with Crippen molar-refractivity contribution in [3.8, 4) is 28.4 Å². The minimum absolute atomic E-state index is 0.0829. The maximum Gasteiger partial charge on any atom is 0.344 e. The van der Waals surface area contributed by atoms with Crippen LogP contribution >= 0.6 is 0 Å². The lowest BCUT2D eigenvalue weighted by atomic mass is 10.0. The van der Waals surface area contributed by atoms with Crippen LogP contribution < -0.4 is 19.8 Å². The Labute approximate surface area is 203 Å². The Hall–Kier alpha value is -4.32. The van der Waals surface area contributed by atoms with Crippen LogP contribution in [0.15, 0.2) is 69.9 Å². The molecule has 0 unspecified atom stereocenters. The van der Waals surface area contributed by atoms with Crippen molar-refractivity contribution >= 4 is 22.8 Å². The Morgan fingerprint density at radius 2 is 1.51 bits per heavy atom. The molecule has 4 aromatic rings. The number of carbonyl (C=O) groups excluding carboxylic acids is 1. The molecule has 35 heavy (non-hydrogen) atoms. The van der Waals surface area contributed by atoms with Gasteiger partial charge in [0.1, 0.15) is 5.58 Å². The number of ketones is 1. The summed E-state index contributed by atoms with van der Waals surface area (Å²) in [4.78, 5) is 25.4. The summed E-state index contributed by atoms with van der Waals surface area (Å²) in [5.74, 6) is 1.22. The summed E-state index contributed by atoms with van der Waals surface area (Å²) in [6, 6.07) is 16.4. The standard InChI is InChI=1S/C29H26O6/c1-17-6-9-20(10-7-17)24(30)11-8-19-12-18(2)27-22(13-19)14-23(29(31)35-27)21-15-25(32-3)28(34-5)26(16-21)33-4/h6-16H,1-5H3/b11-8+. The second-order valence-corrected chi connectivity index (χ2v) is 8.18. The highest BCUT2D eigenvalue weighted by Gasteiger charge is 2.17. The van der Waals surface area contributed by atoms with Gasteiger partial charge >= 0.3 is 5.63 Å². The fraction of sp³-hybridized carbons (Fsp3) is 0.172. The second-order valence-electron chi connectivity index (χ2n) is 8.18. The summed E-state index contributed by atoms with van der Waals surface area (Å²) >= 11 is 0. The van der Waals surface area contributed by atoms with Crippen LogP contribution in [0, 0.1) is 13.8 Å². The molecule has 0 bridgehead atoms. The molecular formula is C29H26O6. The summed E-state index contributed by atoms with van der Waals surface area (Å²) in [7, 11) is 4.56. The number of carbonyl (C=O) groups is 1. The van der Waals surface area contributed by atoms with E-state index in [0.29, 0.717) is 39.5 Å². The molecule has 0 radical (unpaired) electrons. The number of hydrogen-bond acceptors (Lipinski definition) is 6. The highest BCUT2D eigenvalue weighted by Crippen LogP contribution is 2.41. The van der Waals surface area contributed by atoms with Gasteiger partial charge < -0.3 is 18.6 Å². The average Bonchev–Trinajstić information content (AvgIpc) is 2.86. The van der Waals surface area contributed by atoms with E-state index in [2.05, 4.69) is 0 Å². The van der Waals surface area contributed by atoms with Crippen LogP contribution in [0.3, 0.4) is 0 Å². The molecule has 0 aliphatic heterocycles. The first-order valence-electron chi connectivity index (χ1n) is 11.0. The summed E-state index contributed by atoms with van der Waals surface area (Å²) < 4.78 is 21.9. The minimum Gasteiger partial charge on any atom is -0.493 e. The molecule has 0 fully saturated rings. The van der Waals surface area contributed by atoms with Gasteiger partial charge in [0.25, 0.3) is 0 Å². The zero-order valence-electron chi connectivity index (χ0n) is 20.3. The van der Waals surface area contributed by atoms with Gasteiger partial charge in [-0.1, -0.05) is 35.9 Å². The number of fused-ring (bicyclic) bond motifs is 1. The largest absolute Gasteiger partial charge is 0.493 e. The Morgan fingerprint density at radius 3 is 2.11 bits per heavy atom. The maximum atomic E-state index is 12.9. The van der Waals surface area contributed by atoms with Gasteiger partial charge in [-0.2, -0.15) is 0 Å². The maximum absolute atomic E-state index is 12.9. The van der Waals surface area contributed by atoms with Crippen molar-refractivity contribution in [2.45, 2.75) is 13.8 Å². The van der Waals surface area contributed by atoms with Crippen LogP contribution in [0.25, 0.3) is 28.2 Å². The van der Waals surface area contributed by atoms with Crippen LogP contribution in [0.2, 0.25) is 0 Å². The number of aryl methyl sites for hydroxylation is 2. The first kappa shape index (κ1) is 23.8. The van der Waals surface area contributed by atoms with Crippen LogP contribution in [-0.2, 0) is 0 Å². The highest BCUT2D eigenvalue weighted by atomic mass is 16.5. The highest BCUT2D eigenvalue weighted by molar-refractivity contribution is 6.07. The molecule has 0 atom stereocenters. The lowest BCUT2D eigenvalue weighted by Gasteiger charge is -2.14. The summed E-state index contributed by atoms with van der Waals surface area (Å²) in [6.45, 7) is 3.84. The zero-order valence-corrected chi connectivity index (χ0v) is 20.3. The predicted molar refractivity (Wildman–Crippen MR) is 137 cm³/mol. The molecule has 6 heteroatoms. The first-order chi connectivity index (χ1) is 16.8. The molecule has 178 valence electrons. The van der Waals surface area contributed by atoms with Gasteiger partial charge in [0.15, 0.2) is 17.3 Å². The lowest BCUT2D eigenvalue weighted by molar-refractivity contribution is 0.104. The molecule has 3 aromatic carbocycles. The third kappa shape index (κ3) is 4.82. The van der Waals surface area contributed by atoms with E-state index in [9.17, 15) is 9.59 Å². The quantitative estimate of drug-likeness (QED) is 0.187. The van der Waals surface area contributed by atoms with Gasteiger partial charge in [-0.3, -0.25) is 4.79 Å². The summed E-state index contributed by atoms with van der Waals surface area (Å²) in [6.07, 6.45) is 3.31. The summed E-state index contributed by atoms with van der Waals surface area (Å²) in [5, 5.41) is 0.732. The van der Waals surface area contributed by atoms with Crippen LogP contribution in [-0.4, -0.2) is 27.1 Å². The van der Waals surface area contributed by atoms with Gasteiger partial charge in [-0.05, 0) is 66.9 Å². The van der Waals surface area contributed by atoms with E-state index in [4.69, 9.17) is 18.6 Å². The number of rotatable bonds is 7. The van der Waals surface area contributed by atoms with Gasteiger partial charge in [0, 0.05) is 10.9 Å². The van der Waals surface area contributed by atoms with Crippen molar-refractivity contribution in [1.29, 1.82) is 0 Å². The predicted octanol–water partition coefficient (Wildman–Crippen LogP) is 6.00. The van der Waals surface area contributed by atoms with Gasteiger partial charge in [-0.15, -0.1) is 0 Å². The third-order valence-corrected chi connectivity index (χ3v) is 5.78. The SMILES string of the molecule is COc1cc(-c2cc3cc(/C=C/C(=O)c4ccc(C)cc4)cc(C)c3oc2=O)cc(OC)c1OC. The zero-order chi connectivity index (χ0) is 25.1. The van der Waals surface area contributed by atoms with Gasteiger partial charge in [0.2, 0.25) is 5.75 Å². The third-order valence-electron chi connectivity index (χ3n) is 5.78. The van der Waals surface area contributed by atoms with E-state index >= 15 is 0 Å². The Bertz CT molecular complexity index is 1470. The molecule has 1 heterocycles. The van der Waals surface area contributed by atoms with E-state index in [-0.39, 0.29) is 5.78 Å². The molecule has 4 rings (SSSR count). The fourth-order valence-corrected chi connectivity index (χ4v) is 3.96. The number of benzene rings is 3. The molecule has 0 aliphatic rings. The fourth-order valence-electron chi connectivity index (χ4n) is 3.96. The topological polar surface area (TPSA) is 75.0 Å². The van der Waals surface area contributed by atoms with Crippen molar-refractivity contribution < 1.29 is 23.4 Å². The van der Waals surface area contributed by atoms with Crippen molar-refractivity contribution in [3.63, 3.8) is 0 Å². The molecule has 0 spiro atoms. The number of hydrogen-bond donors (Lipinski definition) is 0. The number of methoxy groups -OCH3 is 3. The molecule has 6 nitrogen and oxygen atoms in total. The molecule has 0 saturated carbocycles. The van der Waals surface area contributed by atoms with E-state index in [0.717, 1.165) is 22.1 Å². The second kappa shape index (κ2) is 9.89. The molecule has 1 aromatic heterocycles. The van der Waals surface area contributed by atoms with E-state index < -0.39 is 5.63 Å². The van der Waals surface area contributed by atoms with Crippen molar-refractivity contribution in [3.05, 3.63) is 93.3 Å². The lowest BCUT2D eigenvalue weighted by Crippen LogP contribution is -2.04. The van der Waals surface area contributed by atoms with Gasteiger partial charge in [-0.25, -0.2) is 4.79 Å². The molecule has 0 amide bonds. The minimum atomic E-state index is -0.479. The average molecular weight is 471 g/mol. The Balaban J connectivity index is 1.77. The van der Waals surface area contributed by atoms with Crippen molar-refractivity contribution in [1.82, 2.24) is 0 Å². The first-order valence-corrected chi connectivity index (χ1v) is 11.0. The van der Waals surface area contributed by atoms with Crippen LogP contribution in [0.5, 0.6) is 17.2 Å². The number of ether oxygens (including phenoxy) is 3. The van der Waals surface area contributed by atoms with E-state index in [1.54, 1.807) is 30.4 Å². The molecule has 0 aliphatic carbocycles. The number of allylic oxidation sites excluding steroid dienone is 1.